The SMILES string of the molecule is CC(C)S(=O)(=O)c1ccc(S(=O)Nc2cccc(Cl)c2C(=N)N2CCNCC23CC3)s1. The van der Waals surface area contributed by atoms with Gasteiger partial charge >= 0.3 is 0 Å². The molecule has 1 spiro atoms. The van der Waals surface area contributed by atoms with Crippen LogP contribution in [-0.4, -0.2) is 53.8 Å². The predicted octanol–water partition coefficient (Wildman–Crippen LogP) is 3.48. The average Bonchev–Trinajstić information content (AvgIpc) is 3.28. The molecule has 11 heteroatoms. The van der Waals surface area contributed by atoms with E-state index < -0.39 is 26.1 Å². The Bertz CT molecular complexity index is 1140. The van der Waals surface area contributed by atoms with Gasteiger partial charge in [0.15, 0.2) is 20.8 Å². The van der Waals surface area contributed by atoms with Crippen molar-refractivity contribution in [3.05, 3.63) is 40.9 Å². The highest BCUT2D eigenvalue weighted by Crippen LogP contribution is 2.44. The molecule has 3 N–H and O–H groups in total. The predicted molar refractivity (Wildman–Crippen MR) is 126 cm³/mol. The van der Waals surface area contributed by atoms with Crippen LogP contribution in [0.3, 0.4) is 0 Å². The quantitative estimate of drug-likeness (QED) is 0.416. The average molecular weight is 501 g/mol. The molecule has 0 amide bonds. The van der Waals surface area contributed by atoms with Gasteiger partial charge in [-0.3, -0.25) is 10.1 Å². The highest BCUT2D eigenvalue weighted by atomic mass is 35.5. The van der Waals surface area contributed by atoms with Crippen molar-refractivity contribution >= 4 is 55.3 Å². The molecule has 2 heterocycles. The maximum absolute atomic E-state index is 13.0. The van der Waals surface area contributed by atoms with Crippen LogP contribution >= 0.6 is 22.9 Å². The second-order valence-electron chi connectivity index (χ2n) is 8.10. The number of nitrogens with zero attached hydrogens (tertiary/aromatic N) is 1. The first-order valence-corrected chi connectivity index (χ1v) is 13.9. The van der Waals surface area contributed by atoms with Gasteiger partial charge in [0.25, 0.3) is 0 Å². The second-order valence-corrected chi connectivity index (χ2v) is 13.8. The Morgan fingerprint density at radius 1 is 1.32 bits per heavy atom. The molecule has 31 heavy (non-hydrogen) atoms. The lowest BCUT2D eigenvalue weighted by molar-refractivity contribution is 0.237. The number of benzene rings is 1. The summed E-state index contributed by atoms with van der Waals surface area (Å²) in [6.07, 6.45) is 2.06. The zero-order valence-corrected chi connectivity index (χ0v) is 20.5. The van der Waals surface area contributed by atoms with Gasteiger partial charge in [0, 0.05) is 19.6 Å². The molecule has 2 aliphatic rings. The number of anilines is 1. The number of sulfone groups is 1. The van der Waals surface area contributed by atoms with Gasteiger partial charge in [-0.1, -0.05) is 17.7 Å². The molecule has 168 valence electrons. The van der Waals surface area contributed by atoms with Gasteiger partial charge in [-0.05, 0) is 51.0 Å². The summed E-state index contributed by atoms with van der Waals surface area (Å²) in [4.78, 5) is 2.09. The van der Waals surface area contributed by atoms with Crippen LogP contribution in [0.5, 0.6) is 0 Å². The summed E-state index contributed by atoms with van der Waals surface area (Å²) < 4.78 is 41.3. The molecular weight excluding hydrogens is 476 g/mol. The van der Waals surface area contributed by atoms with Crippen LogP contribution < -0.4 is 10.0 Å². The zero-order chi connectivity index (χ0) is 22.4. The molecule has 2 fully saturated rings. The number of rotatable bonds is 6. The van der Waals surface area contributed by atoms with E-state index >= 15 is 0 Å². The minimum absolute atomic E-state index is 0.0290. The van der Waals surface area contributed by atoms with Crippen LogP contribution in [0.2, 0.25) is 5.02 Å². The van der Waals surface area contributed by atoms with E-state index in [1.54, 1.807) is 38.1 Å². The fourth-order valence-corrected chi connectivity index (χ4v) is 7.99. The summed E-state index contributed by atoms with van der Waals surface area (Å²) in [7, 11) is -5.11. The fraction of sp³-hybridized carbons (Fsp3) is 0.450. The van der Waals surface area contributed by atoms with Crippen molar-refractivity contribution < 1.29 is 12.6 Å². The molecule has 0 bridgehead atoms. The Hall–Kier alpha value is -1.46. The van der Waals surface area contributed by atoms with Gasteiger partial charge in [0.1, 0.15) is 14.3 Å². The van der Waals surface area contributed by atoms with E-state index in [4.69, 9.17) is 17.0 Å². The normalized spacial score (nSPS) is 18.9. The third-order valence-electron chi connectivity index (χ3n) is 5.73. The van der Waals surface area contributed by atoms with E-state index in [0.29, 0.717) is 32.9 Å². The van der Waals surface area contributed by atoms with Gasteiger partial charge in [-0.2, -0.15) is 0 Å². The van der Waals surface area contributed by atoms with Crippen molar-refractivity contribution in [1.82, 2.24) is 10.2 Å². The number of piperazine rings is 1. The van der Waals surface area contributed by atoms with Crippen LogP contribution in [0.15, 0.2) is 38.8 Å². The molecule has 2 aromatic rings. The van der Waals surface area contributed by atoms with Crippen molar-refractivity contribution in [2.75, 3.05) is 24.4 Å². The Labute approximate surface area is 194 Å². The maximum atomic E-state index is 13.0. The summed E-state index contributed by atoms with van der Waals surface area (Å²) in [5, 5.41) is 12.1. The Morgan fingerprint density at radius 3 is 2.74 bits per heavy atom. The Kier molecular flexibility index (Phi) is 6.21. The summed E-state index contributed by atoms with van der Waals surface area (Å²) in [6, 6.07) is 8.27. The molecule has 1 aliphatic heterocycles. The fourth-order valence-electron chi connectivity index (χ4n) is 3.71. The van der Waals surface area contributed by atoms with E-state index in [1.807, 2.05) is 0 Å². The minimum Gasteiger partial charge on any atom is -0.348 e. The molecule has 1 atom stereocenters. The smallest absolute Gasteiger partial charge is 0.190 e. The number of halogens is 1. The van der Waals surface area contributed by atoms with Crippen molar-refractivity contribution in [2.24, 2.45) is 0 Å². The monoisotopic (exact) mass is 500 g/mol. The molecule has 1 unspecified atom stereocenters. The number of thiophene rings is 1. The first-order chi connectivity index (χ1) is 14.7. The van der Waals surface area contributed by atoms with Crippen molar-refractivity contribution in [3.63, 3.8) is 0 Å². The lowest BCUT2D eigenvalue weighted by Gasteiger charge is -2.39. The molecule has 7 nitrogen and oxygen atoms in total. The van der Waals surface area contributed by atoms with Gasteiger partial charge in [0.2, 0.25) is 0 Å². The second kappa shape index (κ2) is 8.47. The van der Waals surface area contributed by atoms with Crippen LogP contribution in [0, 0.1) is 5.41 Å². The first kappa shape index (κ1) is 22.7. The van der Waals surface area contributed by atoms with Gasteiger partial charge in [0.05, 0.1) is 27.1 Å². The zero-order valence-electron chi connectivity index (χ0n) is 17.3. The molecule has 1 aromatic carbocycles. The van der Waals surface area contributed by atoms with Crippen LogP contribution in [0.25, 0.3) is 0 Å². The van der Waals surface area contributed by atoms with Crippen LogP contribution in [-0.2, 0) is 20.8 Å². The number of hydrogen-bond acceptors (Lipinski definition) is 6. The summed E-state index contributed by atoms with van der Waals surface area (Å²) in [5.74, 6) is 0.318. The standard InChI is InChI=1S/C20H25ClN4O3S3/c1-13(2)31(27,28)17-7-6-16(29-17)30(26)24-15-5-3-4-14(21)18(15)19(22)25-11-10-23-12-20(25)8-9-20/h3-7,13,22-24H,8-12H2,1-2H3. The topological polar surface area (TPSA) is 102 Å². The molecule has 1 saturated carbocycles. The minimum atomic E-state index is -3.42. The molecule has 0 radical (unpaired) electrons. The number of amidine groups is 1. The van der Waals surface area contributed by atoms with E-state index in [2.05, 4.69) is 14.9 Å². The van der Waals surface area contributed by atoms with E-state index in [9.17, 15) is 12.6 Å². The third kappa shape index (κ3) is 4.28. The lowest BCUT2D eigenvalue weighted by Crippen LogP contribution is -2.55. The van der Waals surface area contributed by atoms with Crippen molar-refractivity contribution in [1.29, 1.82) is 5.41 Å². The van der Waals surface area contributed by atoms with Gasteiger partial charge in [-0.15, -0.1) is 11.3 Å². The molecule has 1 aliphatic carbocycles. The highest BCUT2D eigenvalue weighted by Gasteiger charge is 2.50. The van der Waals surface area contributed by atoms with Crippen LogP contribution in [0.1, 0.15) is 32.3 Å². The van der Waals surface area contributed by atoms with Crippen molar-refractivity contribution in [3.8, 4) is 0 Å². The molecule has 4 rings (SSSR count). The largest absolute Gasteiger partial charge is 0.348 e. The number of hydrogen-bond donors (Lipinski definition) is 3. The maximum Gasteiger partial charge on any atom is 0.190 e. The summed E-state index contributed by atoms with van der Waals surface area (Å²) in [6.45, 7) is 5.60. The first-order valence-electron chi connectivity index (χ1n) is 10.0. The lowest BCUT2D eigenvalue weighted by atomic mass is 10.1. The van der Waals surface area contributed by atoms with E-state index in [0.717, 1.165) is 37.3 Å². The Balaban J connectivity index is 1.60. The molecular formula is C20H25ClN4O3S3. The molecule has 1 aromatic heterocycles. The Morgan fingerprint density at radius 2 is 2.06 bits per heavy atom. The van der Waals surface area contributed by atoms with E-state index in [1.165, 1.54) is 6.07 Å². The van der Waals surface area contributed by atoms with E-state index in [-0.39, 0.29) is 9.75 Å². The van der Waals surface area contributed by atoms with Crippen LogP contribution in [0.4, 0.5) is 5.69 Å². The highest BCUT2D eigenvalue weighted by molar-refractivity contribution is 7.95. The summed E-state index contributed by atoms with van der Waals surface area (Å²) in [5.41, 5.74) is 0.975. The van der Waals surface area contributed by atoms with Crippen molar-refractivity contribution in [2.45, 2.75) is 45.9 Å². The number of nitrogens with one attached hydrogen (secondary N) is 3. The van der Waals surface area contributed by atoms with Gasteiger partial charge in [-0.25, -0.2) is 12.6 Å². The van der Waals surface area contributed by atoms with Gasteiger partial charge < -0.3 is 10.2 Å². The summed E-state index contributed by atoms with van der Waals surface area (Å²) >= 11 is 7.48. The third-order valence-corrected chi connectivity index (χ3v) is 11.2. The molecule has 1 saturated heterocycles.